The van der Waals surface area contributed by atoms with Crippen molar-refractivity contribution < 1.29 is 0 Å². The Bertz CT molecular complexity index is 810. The van der Waals surface area contributed by atoms with Crippen LogP contribution in [0.15, 0.2) is 103 Å². The number of hydrogen-bond donors (Lipinski definition) is 0. The van der Waals surface area contributed by atoms with Gasteiger partial charge in [0.15, 0.2) is 0 Å². The van der Waals surface area contributed by atoms with Crippen LogP contribution in [0.3, 0.4) is 0 Å². The third-order valence-corrected chi connectivity index (χ3v) is 13.7. The van der Waals surface area contributed by atoms with E-state index in [4.69, 9.17) is 11.2 Å². The Hall–Kier alpha value is -1.15. The molecule has 0 nitrogen and oxygen atoms in total. The summed E-state index contributed by atoms with van der Waals surface area (Å²) in [6, 6.07) is 32.2. The van der Waals surface area contributed by atoms with Crippen LogP contribution in [0.5, 0.6) is 0 Å². The summed E-state index contributed by atoms with van der Waals surface area (Å²) < 4.78 is 1.26. The number of benzene rings is 3. The van der Waals surface area contributed by atoms with E-state index in [0.29, 0.717) is 0 Å². The van der Waals surface area contributed by atoms with Crippen molar-refractivity contribution in [1.29, 1.82) is 0 Å². The first-order valence-electron chi connectivity index (χ1n) is 10.8. The normalized spacial score (nSPS) is 13.2. The molecule has 0 spiro atoms. The molecular formula is C27H31ClIP. The predicted molar refractivity (Wildman–Crippen MR) is 147 cm³/mol. The fraction of sp³-hybridized carbons (Fsp3) is 0.259. The van der Waals surface area contributed by atoms with Gasteiger partial charge in [-0.25, -0.2) is 0 Å². The molecule has 0 unspecified atom stereocenters. The monoisotopic (exact) mass is 548 g/mol. The van der Waals surface area contributed by atoms with E-state index in [-0.39, 0.29) is 0 Å². The van der Waals surface area contributed by atoms with Crippen LogP contribution >= 0.6 is 39.8 Å². The molecular weight excluding hydrogens is 518 g/mol. The number of alkyl halides is 1. The molecule has 0 aliphatic heterocycles. The van der Waals surface area contributed by atoms with Gasteiger partial charge in [-0.3, -0.25) is 0 Å². The molecule has 0 aliphatic carbocycles. The first-order chi connectivity index (χ1) is 14.7. The van der Waals surface area contributed by atoms with Crippen LogP contribution in [-0.2, 0) is 0 Å². The summed E-state index contributed by atoms with van der Waals surface area (Å²) in [7, 11) is 0. The summed E-state index contributed by atoms with van der Waals surface area (Å²) in [6.07, 6.45) is 11.9. The summed E-state index contributed by atoms with van der Waals surface area (Å²) in [5, 5.41) is 3.69. The van der Waals surface area contributed by atoms with E-state index >= 15 is 0 Å². The quantitative estimate of drug-likeness (QED) is 0.0760. The Labute approximate surface area is 200 Å². The topological polar surface area (TPSA) is 0 Å². The predicted octanol–water partition coefficient (Wildman–Crippen LogP) is 7.61. The molecule has 158 valence electrons. The van der Waals surface area contributed by atoms with Gasteiger partial charge < -0.3 is 0 Å². The minimum atomic E-state index is -3.13. The summed E-state index contributed by atoms with van der Waals surface area (Å²) in [6.45, 7) is 0. The van der Waals surface area contributed by atoms with Crippen molar-refractivity contribution in [2.24, 2.45) is 0 Å². The van der Waals surface area contributed by atoms with Crippen molar-refractivity contribution in [2.45, 2.75) is 32.1 Å². The molecule has 0 radical (unpaired) electrons. The molecule has 0 saturated carbocycles. The molecule has 0 atom stereocenters. The zero-order valence-corrected chi connectivity index (χ0v) is 21.3. The van der Waals surface area contributed by atoms with Gasteiger partial charge in [-0.1, -0.05) is 0 Å². The maximum absolute atomic E-state index is 8.03. The number of rotatable bonds is 11. The van der Waals surface area contributed by atoms with Crippen LogP contribution in [-0.4, -0.2) is 10.6 Å². The van der Waals surface area contributed by atoms with Crippen molar-refractivity contribution in [1.82, 2.24) is 0 Å². The van der Waals surface area contributed by atoms with Gasteiger partial charge in [0.1, 0.15) is 0 Å². The zero-order chi connectivity index (χ0) is 21.1. The second-order valence-corrected chi connectivity index (χ2v) is 15.3. The molecule has 0 aliphatic rings. The van der Waals surface area contributed by atoms with E-state index in [0.717, 1.165) is 12.6 Å². The van der Waals surface area contributed by atoms with Crippen LogP contribution in [0.1, 0.15) is 32.1 Å². The van der Waals surface area contributed by atoms with Crippen LogP contribution in [0, 0.1) is 0 Å². The third kappa shape index (κ3) is 5.18. The molecule has 3 heteroatoms. The van der Waals surface area contributed by atoms with Crippen LogP contribution in [0.25, 0.3) is 0 Å². The Morgan fingerprint density at radius 1 is 0.600 bits per heavy atom. The SMILES string of the molecule is ClP(CC=CCCCCCCI)(c1ccccc1)(c1ccccc1)c1ccccc1. The molecule has 0 N–H and O–H groups in total. The molecule has 0 heterocycles. The molecule has 3 rings (SSSR count). The van der Waals surface area contributed by atoms with Gasteiger partial charge in [0.2, 0.25) is 0 Å². The number of allylic oxidation sites excluding steroid dienone is 2. The number of hydrogen-bond acceptors (Lipinski definition) is 0. The van der Waals surface area contributed by atoms with Gasteiger partial charge in [0.05, 0.1) is 0 Å². The average molecular weight is 549 g/mol. The molecule has 3 aromatic carbocycles. The van der Waals surface area contributed by atoms with Gasteiger partial charge >= 0.3 is 202 Å². The van der Waals surface area contributed by atoms with Crippen molar-refractivity contribution >= 4 is 55.7 Å². The maximum atomic E-state index is 8.03. The molecule has 0 amide bonds. The first-order valence-corrected chi connectivity index (χ1v) is 15.7. The number of unbranched alkanes of at least 4 members (excludes halogenated alkanes) is 4. The van der Waals surface area contributed by atoms with Crippen LogP contribution in [0.2, 0.25) is 0 Å². The Morgan fingerprint density at radius 2 is 1.03 bits per heavy atom. The van der Waals surface area contributed by atoms with E-state index in [9.17, 15) is 0 Å². The minimum absolute atomic E-state index is 0.832. The van der Waals surface area contributed by atoms with Gasteiger partial charge in [-0.2, -0.15) is 0 Å². The Morgan fingerprint density at radius 3 is 1.47 bits per heavy atom. The standard InChI is InChI=1S/C27H31ClIP/c28-30(25-17-9-6-10-18-25,26-19-11-7-12-20-26,27-21-13-8-14-22-27)24-16-5-3-1-2-4-15-23-29/h5-14,16-22H,1-4,15,23-24H2. The molecule has 3 aromatic rings. The van der Waals surface area contributed by atoms with Gasteiger partial charge in [0, 0.05) is 0 Å². The van der Waals surface area contributed by atoms with Crippen molar-refractivity contribution in [2.75, 3.05) is 10.6 Å². The van der Waals surface area contributed by atoms with E-state index in [1.54, 1.807) is 0 Å². The third-order valence-electron chi connectivity index (χ3n) is 5.75. The molecule has 0 saturated heterocycles. The molecule has 0 bridgehead atoms. The summed E-state index contributed by atoms with van der Waals surface area (Å²) in [5.74, 6) is -3.13. The summed E-state index contributed by atoms with van der Waals surface area (Å²) >= 11 is 10.5. The zero-order valence-electron chi connectivity index (χ0n) is 17.5. The fourth-order valence-corrected chi connectivity index (χ4v) is 10.3. The van der Waals surface area contributed by atoms with E-state index in [1.165, 1.54) is 46.0 Å². The summed E-state index contributed by atoms with van der Waals surface area (Å²) in [5.41, 5.74) is 0. The van der Waals surface area contributed by atoms with Gasteiger partial charge in [-0.05, 0) is 0 Å². The van der Waals surface area contributed by atoms with E-state index in [1.807, 2.05) is 0 Å². The molecule has 0 aromatic heterocycles. The second-order valence-electron chi connectivity index (χ2n) is 7.74. The first kappa shape index (κ1) is 23.5. The van der Waals surface area contributed by atoms with E-state index < -0.39 is 5.96 Å². The number of halogens is 2. The fourth-order valence-electron chi connectivity index (χ4n) is 4.08. The van der Waals surface area contributed by atoms with Crippen LogP contribution in [0.4, 0.5) is 0 Å². The molecule has 0 fully saturated rings. The second kappa shape index (κ2) is 11.5. The van der Waals surface area contributed by atoms with Crippen LogP contribution < -0.4 is 15.9 Å². The van der Waals surface area contributed by atoms with Gasteiger partial charge in [0.25, 0.3) is 0 Å². The van der Waals surface area contributed by atoms with Crippen molar-refractivity contribution in [3.63, 3.8) is 0 Å². The molecule has 30 heavy (non-hydrogen) atoms. The Balaban J connectivity index is 2.00. The Kier molecular flexibility index (Phi) is 8.98. The van der Waals surface area contributed by atoms with E-state index in [2.05, 4.69) is 126 Å². The summed E-state index contributed by atoms with van der Waals surface area (Å²) in [4.78, 5) is 0. The average Bonchev–Trinajstić information content (AvgIpc) is 2.82. The van der Waals surface area contributed by atoms with Crippen molar-refractivity contribution in [3.05, 3.63) is 103 Å². The van der Waals surface area contributed by atoms with Gasteiger partial charge in [-0.15, -0.1) is 0 Å². The van der Waals surface area contributed by atoms with Crippen molar-refractivity contribution in [3.8, 4) is 0 Å².